The number of carbonyl (C=O) groups is 1. The number of carboxylic acid groups (broad SMARTS) is 1. The molecule has 0 radical (unpaired) electrons. The standard InChI is InChI=1S/C8H8O2/c9-8(10)6-5-7-3-1-2-4-7/h1-3,5-6H,4H2,(H,9,10). The Morgan fingerprint density at radius 3 is 3.00 bits per heavy atom. The van der Waals surface area contributed by atoms with Crippen LogP contribution >= 0.6 is 0 Å². The van der Waals surface area contributed by atoms with Crippen molar-refractivity contribution in [1.29, 1.82) is 0 Å². The van der Waals surface area contributed by atoms with Crippen molar-refractivity contribution in [3.8, 4) is 0 Å². The fraction of sp³-hybridized carbons (Fsp3) is 0.125. The van der Waals surface area contributed by atoms with E-state index in [4.69, 9.17) is 5.11 Å². The number of hydrogen-bond acceptors (Lipinski definition) is 1. The molecule has 1 rings (SSSR count). The molecule has 1 aliphatic rings. The van der Waals surface area contributed by atoms with Gasteiger partial charge in [-0.1, -0.05) is 24.3 Å². The minimum atomic E-state index is -0.896. The van der Waals surface area contributed by atoms with E-state index >= 15 is 0 Å². The van der Waals surface area contributed by atoms with Crippen LogP contribution in [0.25, 0.3) is 0 Å². The van der Waals surface area contributed by atoms with Gasteiger partial charge >= 0.3 is 5.97 Å². The summed E-state index contributed by atoms with van der Waals surface area (Å²) in [7, 11) is 0. The molecule has 0 heterocycles. The van der Waals surface area contributed by atoms with Crippen LogP contribution in [-0.4, -0.2) is 11.1 Å². The number of allylic oxidation sites excluding steroid dienone is 5. The quantitative estimate of drug-likeness (QED) is 0.584. The molecule has 0 bridgehead atoms. The van der Waals surface area contributed by atoms with Crippen molar-refractivity contribution in [3.05, 3.63) is 36.0 Å². The Hall–Kier alpha value is -1.31. The third-order valence-electron chi connectivity index (χ3n) is 1.24. The number of aliphatic carboxylic acids is 1. The lowest BCUT2D eigenvalue weighted by Gasteiger charge is -1.86. The van der Waals surface area contributed by atoms with E-state index in [0.717, 1.165) is 18.1 Å². The highest BCUT2D eigenvalue weighted by molar-refractivity contribution is 5.80. The Balaban J connectivity index is 2.47. The van der Waals surface area contributed by atoms with Crippen LogP contribution in [0.4, 0.5) is 0 Å². The first-order valence-electron chi connectivity index (χ1n) is 3.06. The van der Waals surface area contributed by atoms with Gasteiger partial charge in [0, 0.05) is 6.08 Å². The SMILES string of the molecule is O=C(O)C=CC1=CC=CC1. The van der Waals surface area contributed by atoms with Gasteiger partial charge in [0.1, 0.15) is 0 Å². The van der Waals surface area contributed by atoms with E-state index in [2.05, 4.69) is 0 Å². The summed E-state index contributed by atoms with van der Waals surface area (Å²) in [6, 6.07) is 0. The van der Waals surface area contributed by atoms with Gasteiger partial charge in [-0.3, -0.25) is 0 Å². The maximum Gasteiger partial charge on any atom is 0.328 e. The molecule has 0 aromatic carbocycles. The first kappa shape index (κ1) is 6.81. The molecule has 0 unspecified atom stereocenters. The van der Waals surface area contributed by atoms with Crippen molar-refractivity contribution < 1.29 is 9.90 Å². The summed E-state index contributed by atoms with van der Waals surface area (Å²) in [4.78, 5) is 10.0. The zero-order chi connectivity index (χ0) is 7.40. The highest BCUT2D eigenvalue weighted by Gasteiger charge is 1.93. The summed E-state index contributed by atoms with van der Waals surface area (Å²) < 4.78 is 0. The molecule has 0 saturated carbocycles. The number of carboxylic acids is 1. The zero-order valence-electron chi connectivity index (χ0n) is 5.45. The van der Waals surface area contributed by atoms with E-state index in [0.29, 0.717) is 0 Å². The lowest BCUT2D eigenvalue weighted by molar-refractivity contribution is -0.131. The second-order valence-electron chi connectivity index (χ2n) is 2.05. The highest BCUT2D eigenvalue weighted by Crippen LogP contribution is 2.10. The average molecular weight is 136 g/mol. The molecule has 10 heavy (non-hydrogen) atoms. The number of hydrogen-bond donors (Lipinski definition) is 1. The van der Waals surface area contributed by atoms with Crippen LogP contribution in [0.5, 0.6) is 0 Å². The largest absolute Gasteiger partial charge is 0.478 e. The molecule has 0 amide bonds. The summed E-state index contributed by atoms with van der Waals surface area (Å²) in [6.07, 6.45) is 9.42. The molecular weight excluding hydrogens is 128 g/mol. The second-order valence-corrected chi connectivity index (χ2v) is 2.05. The van der Waals surface area contributed by atoms with E-state index in [1.54, 1.807) is 6.08 Å². The van der Waals surface area contributed by atoms with Crippen LogP contribution in [0.1, 0.15) is 6.42 Å². The maximum absolute atomic E-state index is 10.0. The third kappa shape index (κ3) is 1.90. The average Bonchev–Trinajstić information content (AvgIpc) is 2.34. The van der Waals surface area contributed by atoms with Gasteiger partial charge < -0.3 is 5.11 Å². The summed E-state index contributed by atoms with van der Waals surface area (Å²) in [5.74, 6) is -0.896. The summed E-state index contributed by atoms with van der Waals surface area (Å²) in [5.41, 5.74) is 1.04. The summed E-state index contributed by atoms with van der Waals surface area (Å²) in [6.45, 7) is 0. The molecule has 0 fully saturated rings. The molecule has 0 aliphatic heterocycles. The smallest absolute Gasteiger partial charge is 0.328 e. The van der Waals surface area contributed by atoms with Crippen molar-refractivity contribution in [1.82, 2.24) is 0 Å². The predicted molar refractivity (Wildman–Crippen MR) is 38.6 cm³/mol. The van der Waals surface area contributed by atoms with Crippen molar-refractivity contribution >= 4 is 5.97 Å². The van der Waals surface area contributed by atoms with Crippen LogP contribution in [0.3, 0.4) is 0 Å². The molecule has 0 aromatic rings. The Morgan fingerprint density at radius 2 is 2.50 bits per heavy atom. The van der Waals surface area contributed by atoms with E-state index in [9.17, 15) is 4.79 Å². The van der Waals surface area contributed by atoms with Gasteiger partial charge in [0.25, 0.3) is 0 Å². The van der Waals surface area contributed by atoms with Crippen molar-refractivity contribution in [3.63, 3.8) is 0 Å². The Kier molecular flexibility index (Phi) is 2.05. The van der Waals surface area contributed by atoms with Gasteiger partial charge in [0.15, 0.2) is 0 Å². The Labute approximate surface area is 59.2 Å². The molecule has 0 atom stereocenters. The maximum atomic E-state index is 10.0. The van der Waals surface area contributed by atoms with E-state index in [1.165, 1.54) is 0 Å². The third-order valence-corrected chi connectivity index (χ3v) is 1.24. The van der Waals surface area contributed by atoms with Gasteiger partial charge in [-0.2, -0.15) is 0 Å². The van der Waals surface area contributed by atoms with Crippen LogP contribution in [-0.2, 0) is 4.79 Å². The van der Waals surface area contributed by atoms with Crippen molar-refractivity contribution in [2.75, 3.05) is 0 Å². The second kappa shape index (κ2) is 3.01. The normalized spacial score (nSPS) is 16.2. The predicted octanol–water partition coefficient (Wildman–Crippen LogP) is 1.51. The lowest BCUT2D eigenvalue weighted by Crippen LogP contribution is -1.85. The molecule has 52 valence electrons. The van der Waals surface area contributed by atoms with Gasteiger partial charge in [0.2, 0.25) is 0 Å². The van der Waals surface area contributed by atoms with Crippen molar-refractivity contribution in [2.45, 2.75) is 6.42 Å². The van der Waals surface area contributed by atoms with E-state index < -0.39 is 5.97 Å². The van der Waals surface area contributed by atoms with Gasteiger partial charge in [-0.05, 0) is 12.0 Å². The summed E-state index contributed by atoms with van der Waals surface area (Å²) >= 11 is 0. The molecular formula is C8H8O2. The molecule has 0 saturated heterocycles. The van der Waals surface area contributed by atoms with Gasteiger partial charge in [0.05, 0.1) is 0 Å². The molecule has 1 N–H and O–H groups in total. The molecule has 2 heteroatoms. The van der Waals surface area contributed by atoms with Crippen molar-refractivity contribution in [2.24, 2.45) is 0 Å². The Bertz CT molecular complexity index is 221. The van der Waals surface area contributed by atoms with E-state index in [1.807, 2.05) is 18.2 Å². The van der Waals surface area contributed by atoms with Gasteiger partial charge in [-0.15, -0.1) is 0 Å². The molecule has 0 aromatic heterocycles. The van der Waals surface area contributed by atoms with Crippen LogP contribution in [0, 0.1) is 0 Å². The molecule has 2 nitrogen and oxygen atoms in total. The monoisotopic (exact) mass is 136 g/mol. The fourth-order valence-electron chi connectivity index (χ4n) is 0.766. The van der Waals surface area contributed by atoms with Crippen LogP contribution in [0.2, 0.25) is 0 Å². The Morgan fingerprint density at radius 1 is 1.70 bits per heavy atom. The van der Waals surface area contributed by atoms with E-state index in [-0.39, 0.29) is 0 Å². The minimum absolute atomic E-state index is 0.851. The molecule has 1 aliphatic carbocycles. The molecule has 0 spiro atoms. The zero-order valence-corrected chi connectivity index (χ0v) is 5.45. The first-order valence-corrected chi connectivity index (χ1v) is 3.06. The first-order chi connectivity index (χ1) is 4.79. The minimum Gasteiger partial charge on any atom is -0.478 e. The number of rotatable bonds is 2. The topological polar surface area (TPSA) is 37.3 Å². The lowest BCUT2D eigenvalue weighted by atomic mass is 10.2. The van der Waals surface area contributed by atoms with Gasteiger partial charge in [-0.25, -0.2) is 4.79 Å². The van der Waals surface area contributed by atoms with Crippen LogP contribution < -0.4 is 0 Å². The highest BCUT2D eigenvalue weighted by atomic mass is 16.4. The summed E-state index contributed by atoms with van der Waals surface area (Å²) in [5, 5.41) is 8.24. The van der Waals surface area contributed by atoms with Crippen LogP contribution in [0.15, 0.2) is 36.0 Å². The fourth-order valence-corrected chi connectivity index (χ4v) is 0.766.